The Morgan fingerprint density at radius 2 is 1.96 bits per heavy atom. The lowest BCUT2D eigenvalue weighted by atomic mass is 10.2. The van der Waals surface area contributed by atoms with Crippen LogP contribution in [0.3, 0.4) is 0 Å². The van der Waals surface area contributed by atoms with Gasteiger partial charge in [-0.15, -0.1) is 0 Å². The van der Waals surface area contributed by atoms with Gasteiger partial charge < -0.3 is 10.1 Å². The van der Waals surface area contributed by atoms with Crippen molar-refractivity contribution >= 4 is 34.0 Å². The first-order valence-corrected chi connectivity index (χ1v) is 7.97. The molecule has 0 radical (unpaired) electrons. The average molecular weight is 368 g/mol. The van der Waals surface area contributed by atoms with Gasteiger partial charge in [-0.2, -0.15) is 0 Å². The molecule has 1 aromatic carbocycles. The number of halogens is 2. The molecule has 128 valence electrons. The summed E-state index contributed by atoms with van der Waals surface area (Å²) in [7, 11) is 0. The van der Waals surface area contributed by atoms with Crippen LogP contribution in [0.4, 0.5) is 15.9 Å². The Kier molecular flexibility index (Phi) is 4.28. The molecule has 0 bridgehead atoms. The summed E-state index contributed by atoms with van der Waals surface area (Å²) in [6, 6.07) is 9.60. The fourth-order valence-electron chi connectivity index (χ4n) is 2.37. The van der Waals surface area contributed by atoms with E-state index in [9.17, 15) is 4.39 Å². The zero-order valence-corrected chi connectivity index (χ0v) is 14.0. The van der Waals surface area contributed by atoms with Gasteiger partial charge in [0, 0.05) is 23.3 Å². The predicted molar refractivity (Wildman–Crippen MR) is 96.3 cm³/mol. The predicted octanol–water partition coefficient (Wildman–Crippen LogP) is 4.75. The van der Waals surface area contributed by atoms with Crippen LogP contribution in [0.15, 0.2) is 61.3 Å². The summed E-state index contributed by atoms with van der Waals surface area (Å²) in [4.78, 5) is 16.2. The van der Waals surface area contributed by atoms with Crippen LogP contribution in [0, 0.1) is 5.82 Å². The molecule has 26 heavy (non-hydrogen) atoms. The molecule has 0 atom stereocenters. The number of hydrogen-bond donors (Lipinski definition) is 1. The molecule has 0 spiro atoms. The van der Waals surface area contributed by atoms with Gasteiger partial charge in [0.25, 0.3) is 0 Å². The van der Waals surface area contributed by atoms with Crippen LogP contribution in [-0.4, -0.2) is 19.9 Å². The number of rotatable bonds is 4. The van der Waals surface area contributed by atoms with Crippen LogP contribution in [0.1, 0.15) is 0 Å². The second kappa shape index (κ2) is 6.89. The Bertz CT molecular complexity index is 1080. The molecular weight excluding hydrogens is 357 g/mol. The zero-order chi connectivity index (χ0) is 17.9. The van der Waals surface area contributed by atoms with Crippen LogP contribution < -0.4 is 10.1 Å². The second-order valence-corrected chi connectivity index (χ2v) is 5.69. The lowest BCUT2D eigenvalue weighted by Gasteiger charge is -2.10. The molecule has 6 nitrogen and oxygen atoms in total. The number of pyridine rings is 2. The number of benzene rings is 1. The van der Waals surface area contributed by atoms with Crippen molar-refractivity contribution in [3.63, 3.8) is 0 Å². The Labute approximate surface area is 152 Å². The van der Waals surface area contributed by atoms with Gasteiger partial charge in [-0.05, 0) is 30.3 Å². The third-order valence-corrected chi connectivity index (χ3v) is 3.75. The van der Waals surface area contributed by atoms with E-state index in [1.807, 2.05) is 0 Å². The van der Waals surface area contributed by atoms with E-state index in [-0.39, 0.29) is 5.75 Å². The van der Waals surface area contributed by atoms with Crippen molar-refractivity contribution in [3.05, 3.63) is 72.3 Å². The van der Waals surface area contributed by atoms with Gasteiger partial charge in [0.2, 0.25) is 0 Å². The molecule has 3 heterocycles. The van der Waals surface area contributed by atoms with Gasteiger partial charge in [-0.3, -0.25) is 4.98 Å². The van der Waals surface area contributed by atoms with Crippen LogP contribution in [0.2, 0.25) is 5.15 Å². The minimum atomic E-state index is -0.517. The van der Waals surface area contributed by atoms with Gasteiger partial charge in [-0.1, -0.05) is 11.6 Å². The van der Waals surface area contributed by atoms with Gasteiger partial charge >= 0.3 is 0 Å². The van der Waals surface area contributed by atoms with Gasteiger partial charge in [-0.25, -0.2) is 19.3 Å². The fraction of sp³-hybridized carbons (Fsp3) is 0. The minimum absolute atomic E-state index is 0.100. The van der Waals surface area contributed by atoms with Crippen molar-refractivity contribution < 1.29 is 9.13 Å². The van der Waals surface area contributed by atoms with Crippen molar-refractivity contribution in [2.45, 2.75) is 0 Å². The molecule has 0 fully saturated rings. The van der Waals surface area contributed by atoms with E-state index in [1.54, 1.807) is 36.7 Å². The Balaban J connectivity index is 1.62. The third kappa shape index (κ3) is 3.38. The van der Waals surface area contributed by atoms with Crippen LogP contribution >= 0.6 is 11.6 Å². The maximum Gasteiger partial charge on any atom is 0.167 e. The number of nitrogens with one attached hydrogen (secondary N) is 1. The highest BCUT2D eigenvalue weighted by Gasteiger charge is 2.09. The first-order valence-electron chi connectivity index (χ1n) is 7.60. The number of aromatic nitrogens is 4. The third-order valence-electron chi connectivity index (χ3n) is 3.55. The van der Waals surface area contributed by atoms with Crippen LogP contribution in [-0.2, 0) is 0 Å². The highest BCUT2D eigenvalue weighted by atomic mass is 35.5. The monoisotopic (exact) mass is 367 g/mol. The maximum absolute atomic E-state index is 14.4. The molecule has 1 N–H and O–H groups in total. The number of anilines is 2. The quantitative estimate of drug-likeness (QED) is 0.525. The molecule has 0 aliphatic rings. The van der Waals surface area contributed by atoms with Crippen molar-refractivity contribution in [2.24, 2.45) is 0 Å². The van der Waals surface area contributed by atoms with E-state index in [1.165, 1.54) is 24.7 Å². The van der Waals surface area contributed by atoms with Crippen molar-refractivity contribution in [1.82, 2.24) is 19.9 Å². The molecule has 0 unspecified atom stereocenters. The summed E-state index contributed by atoms with van der Waals surface area (Å²) in [5.41, 5.74) is 1.14. The van der Waals surface area contributed by atoms with Crippen LogP contribution in [0.25, 0.3) is 10.9 Å². The number of nitrogens with zero attached hydrogens (tertiary/aromatic N) is 4. The molecule has 0 saturated carbocycles. The number of fused-ring (bicyclic) bond motifs is 1. The first-order chi connectivity index (χ1) is 12.7. The van der Waals surface area contributed by atoms with E-state index < -0.39 is 5.82 Å². The maximum atomic E-state index is 14.4. The van der Waals surface area contributed by atoms with Gasteiger partial charge in [0.1, 0.15) is 23.0 Å². The highest BCUT2D eigenvalue weighted by molar-refractivity contribution is 6.30. The SMILES string of the molecule is Fc1cc(Nc2ncnc3cnc(Cl)cc23)ccc1Oc1cccnc1. The summed E-state index contributed by atoms with van der Waals surface area (Å²) in [6.45, 7) is 0. The summed E-state index contributed by atoms with van der Waals surface area (Å²) in [5, 5.41) is 4.07. The Hall–Kier alpha value is -3.32. The van der Waals surface area contributed by atoms with Crippen LogP contribution in [0.5, 0.6) is 11.5 Å². The average Bonchev–Trinajstić information content (AvgIpc) is 2.65. The molecule has 3 aromatic heterocycles. The highest BCUT2D eigenvalue weighted by Crippen LogP contribution is 2.29. The summed E-state index contributed by atoms with van der Waals surface area (Å²) in [6.07, 6.45) is 6.08. The summed E-state index contributed by atoms with van der Waals surface area (Å²) in [5.74, 6) is 0.538. The second-order valence-electron chi connectivity index (χ2n) is 5.31. The van der Waals surface area contributed by atoms with Gasteiger partial charge in [0.15, 0.2) is 11.6 Å². The lowest BCUT2D eigenvalue weighted by molar-refractivity contribution is 0.441. The van der Waals surface area contributed by atoms with E-state index in [0.29, 0.717) is 33.3 Å². The topological polar surface area (TPSA) is 72.8 Å². The molecule has 8 heteroatoms. The molecule has 0 aliphatic heterocycles. The molecule has 4 aromatic rings. The Morgan fingerprint density at radius 3 is 2.77 bits per heavy atom. The van der Waals surface area contributed by atoms with E-state index in [0.717, 1.165) is 0 Å². The van der Waals surface area contributed by atoms with Crippen molar-refractivity contribution in [2.75, 3.05) is 5.32 Å². The number of hydrogen-bond acceptors (Lipinski definition) is 6. The fourth-order valence-corrected chi connectivity index (χ4v) is 2.52. The minimum Gasteiger partial charge on any atom is -0.453 e. The molecule has 0 aliphatic carbocycles. The molecule has 0 amide bonds. The van der Waals surface area contributed by atoms with Crippen molar-refractivity contribution in [1.29, 1.82) is 0 Å². The smallest absolute Gasteiger partial charge is 0.167 e. The summed E-state index contributed by atoms with van der Waals surface area (Å²) < 4.78 is 19.9. The lowest BCUT2D eigenvalue weighted by Crippen LogP contribution is -1.98. The number of ether oxygens (including phenoxy) is 1. The zero-order valence-electron chi connectivity index (χ0n) is 13.2. The van der Waals surface area contributed by atoms with Crippen molar-refractivity contribution in [3.8, 4) is 11.5 Å². The first kappa shape index (κ1) is 16.2. The van der Waals surface area contributed by atoms with E-state index >= 15 is 0 Å². The molecule has 0 saturated heterocycles. The standard InChI is InChI=1S/C18H11ClFN5O/c19-17-7-13-15(9-22-17)23-10-24-18(13)25-11-3-4-16(14(20)6-11)26-12-2-1-5-21-8-12/h1-10H,(H,23,24,25). The Morgan fingerprint density at radius 1 is 1.04 bits per heavy atom. The largest absolute Gasteiger partial charge is 0.453 e. The van der Waals surface area contributed by atoms with E-state index in [4.69, 9.17) is 16.3 Å². The summed E-state index contributed by atoms with van der Waals surface area (Å²) >= 11 is 5.94. The van der Waals surface area contributed by atoms with E-state index in [2.05, 4.69) is 25.3 Å². The molecule has 4 rings (SSSR count). The normalized spacial score (nSPS) is 10.7. The van der Waals surface area contributed by atoms with Gasteiger partial charge in [0.05, 0.1) is 17.9 Å². The molecular formula is C18H11ClFN5O.